The summed E-state index contributed by atoms with van der Waals surface area (Å²) >= 11 is 0. The minimum atomic E-state index is 0.395. The minimum absolute atomic E-state index is 0.395. The van der Waals surface area contributed by atoms with Crippen molar-refractivity contribution < 1.29 is 9.47 Å². The molecule has 0 aromatic carbocycles. The monoisotopic (exact) mass is 156 g/mol. The quantitative estimate of drug-likeness (QED) is 0.567. The van der Waals surface area contributed by atoms with Crippen molar-refractivity contribution in [2.24, 2.45) is 0 Å². The van der Waals surface area contributed by atoms with E-state index >= 15 is 0 Å². The van der Waals surface area contributed by atoms with Crippen LogP contribution in [0, 0.1) is 0 Å². The first-order chi connectivity index (χ1) is 5.33. The van der Waals surface area contributed by atoms with Gasteiger partial charge < -0.3 is 9.47 Å². The third-order valence-corrected chi connectivity index (χ3v) is 1.91. The maximum atomic E-state index is 5.41. The highest BCUT2D eigenvalue weighted by Crippen LogP contribution is 2.18. The first-order valence-corrected chi connectivity index (χ1v) is 4.11. The van der Waals surface area contributed by atoms with Crippen LogP contribution in [0.4, 0.5) is 0 Å². The Labute approximate surface area is 68.2 Å². The molecule has 0 aliphatic carbocycles. The van der Waals surface area contributed by atoms with Gasteiger partial charge in [-0.1, -0.05) is 11.6 Å². The van der Waals surface area contributed by atoms with Crippen molar-refractivity contribution in [3.8, 4) is 0 Å². The lowest BCUT2D eigenvalue weighted by Crippen LogP contribution is -2.17. The Morgan fingerprint density at radius 2 is 2.55 bits per heavy atom. The predicted molar refractivity (Wildman–Crippen MR) is 44.6 cm³/mol. The molecule has 1 fully saturated rings. The second-order valence-corrected chi connectivity index (χ2v) is 2.95. The molecule has 0 aromatic heterocycles. The Kier molecular flexibility index (Phi) is 3.60. The fourth-order valence-electron chi connectivity index (χ4n) is 1.31. The van der Waals surface area contributed by atoms with E-state index in [1.165, 1.54) is 5.57 Å². The van der Waals surface area contributed by atoms with Crippen molar-refractivity contribution in [1.82, 2.24) is 0 Å². The van der Waals surface area contributed by atoms with Crippen LogP contribution in [0.2, 0.25) is 0 Å². The first kappa shape index (κ1) is 8.75. The topological polar surface area (TPSA) is 18.5 Å². The van der Waals surface area contributed by atoms with Crippen LogP contribution in [-0.4, -0.2) is 26.4 Å². The summed E-state index contributed by atoms with van der Waals surface area (Å²) in [6.45, 7) is 3.72. The molecule has 0 radical (unpaired) electrons. The van der Waals surface area contributed by atoms with E-state index in [-0.39, 0.29) is 0 Å². The second kappa shape index (κ2) is 4.52. The summed E-state index contributed by atoms with van der Waals surface area (Å²) in [5.74, 6) is 0. The van der Waals surface area contributed by atoms with E-state index in [0.29, 0.717) is 6.10 Å². The van der Waals surface area contributed by atoms with Gasteiger partial charge in [0.2, 0.25) is 0 Å². The Balaban J connectivity index is 2.32. The zero-order chi connectivity index (χ0) is 8.10. The maximum absolute atomic E-state index is 5.41. The van der Waals surface area contributed by atoms with Crippen LogP contribution in [0.25, 0.3) is 0 Å². The summed E-state index contributed by atoms with van der Waals surface area (Å²) in [5.41, 5.74) is 1.48. The second-order valence-electron chi connectivity index (χ2n) is 2.95. The van der Waals surface area contributed by atoms with Crippen LogP contribution in [0.5, 0.6) is 0 Å². The van der Waals surface area contributed by atoms with Gasteiger partial charge in [0.1, 0.15) is 0 Å². The van der Waals surface area contributed by atoms with Crippen LogP contribution in [0.1, 0.15) is 19.8 Å². The molecule has 1 aliphatic heterocycles. The van der Waals surface area contributed by atoms with Gasteiger partial charge in [-0.25, -0.2) is 0 Å². The van der Waals surface area contributed by atoms with E-state index in [4.69, 9.17) is 9.47 Å². The summed E-state index contributed by atoms with van der Waals surface area (Å²) < 4.78 is 10.4. The number of rotatable bonds is 2. The molecule has 0 bridgehead atoms. The van der Waals surface area contributed by atoms with Crippen LogP contribution in [0.15, 0.2) is 11.6 Å². The number of hydrogen-bond donors (Lipinski definition) is 0. The SMILES string of the molecule is COC/C=C1/CCO[C@@H](C)C1. The summed E-state index contributed by atoms with van der Waals surface area (Å²) in [6, 6.07) is 0. The van der Waals surface area contributed by atoms with E-state index in [1.54, 1.807) is 7.11 Å². The Morgan fingerprint density at radius 3 is 3.18 bits per heavy atom. The Morgan fingerprint density at radius 1 is 1.73 bits per heavy atom. The van der Waals surface area contributed by atoms with Gasteiger partial charge in [0.25, 0.3) is 0 Å². The third-order valence-electron chi connectivity index (χ3n) is 1.91. The summed E-state index contributed by atoms with van der Waals surface area (Å²) in [5, 5.41) is 0. The van der Waals surface area contributed by atoms with Gasteiger partial charge in [0.15, 0.2) is 0 Å². The Hall–Kier alpha value is -0.340. The number of hydrogen-bond acceptors (Lipinski definition) is 2. The van der Waals surface area contributed by atoms with Gasteiger partial charge in [0.05, 0.1) is 19.3 Å². The molecule has 0 amide bonds. The van der Waals surface area contributed by atoms with Gasteiger partial charge in [-0.05, 0) is 19.8 Å². The molecule has 0 aromatic rings. The molecule has 64 valence electrons. The molecule has 0 unspecified atom stereocenters. The van der Waals surface area contributed by atoms with Crippen LogP contribution < -0.4 is 0 Å². The van der Waals surface area contributed by atoms with Crippen molar-refractivity contribution in [2.75, 3.05) is 20.3 Å². The van der Waals surface area contributed by atoms with Crippen molar-refractivity contribution >= 4 is 0 Å². The predicted octanol–water partition coefficient (Wildman–Crippen LogP) is 1.76. The summed E-state index contributed by atoms with van der Waals surface area (Å²) in [7, 11) is 1.72. The normalized spacial score (nSPS) is 29.3. The standard InChI is InChI=1S/C9H16O2/c1-8-7-9(3-5-10-2)4-6-11-8/h3,8H,4-7H2,1-2H3/b9-3-/t8-/m0/s1. The van der Waals surface area contributed by atoms with E-state index in [2.05, 4.69) is 13.0 Å². The highest BCUT2D eigenvalue weighted by Gasteiger charge is 2.11. The summed E-state index contributed by atoms with van der Waals surface area (Å²) in [6.07, 6.45) is 4.71. The molecule has 1 heterocycles. The molecule has 1 aliphatic rings. The van der Waals surface area contributed by atoms with E-state index in [9.17, 15) is 0 Å². The zero-order valence-corrected chi connectivity index (χ0v) is 7.30. The highest BCUT2D eigenvalue weighted by atomic mass is 16.5. The minimum Gasteiger partial charge on any atom is -0.381 e. The lowest BCUT2D eigenvalue weighted by molar-refractivity contribution is 0.0482. The molecule has 11 heavy (non-hydrogen) atoms. The average Bonchev–Trinajstić information content (AvgIpc) is 2.01. The van der Waals surface area contributed by atoms with Crippen LogP contribution in [-0.2, 0) is 9.47 Å². The van der Waals surface area contributed by atoms with E-state index in [0.717, 1.165) is 26.1 Å². The maximum Gasteiger partial charge on any atom is 0.0646 e. The highest BCUT2D eigenvalue weighted by molar-refractivity contribution is 5.05. The van der Waals surface area contributed by atoms with E-state index < -0.39 is 0 Å². The van der Waals surface area contributed by atoms with E-state index in [1.807, 2.05) is 0 Å². The molecular weight excluding hydrogens is 140 g/mol. The van der Waals surface area contributed by atoms with Crippen LogP contribution in [0.3, 0.4) is 0 Å². The van der Waals surface area contributed by atoms with Gasteiger partial charge in [-0.15, -0.1) is 0 Å². The molecule has 1 atom stereocenters. The molecule has 0 N–H and O–H groups in total. The summed E-state index contributed by atoms with van der Waals surface area (Å²) in [4.78, 5) is 0. The molecule has 1 rings (SSSR count). The van der Waals surface area contributed by atoms with Gasteiger partial charge in [-0.3, -0.25) is 0 Å². The lowest BCUT2D eigenvalue weighted by atomic mass is 10.0. The fraction of sp³-hybridized carbons (Fsp3) is 0.778. The molecule has 0 saturated carbocycles. The Bertz CT molecular complexity index is 140. The largest absolute Gasteiger partial charge is 0.381 e. The third kappa shape index (κ3) is 3.04. The molecule has 0 spiro atoms. The lowest BCUT2D eigenvalue weighted by Gasteiger charge is -2.21. The molecule has 1 saturated heterocycles. The van der Waals surface area contributed by atoms with Gasteiger partial charge in [-0.2, -0.15) is 0 Å². The first-order valence-electron chi connectivity index (χ1n) is 4.11. The molecular formula is C9H16O2. The zero-order valence-electron chi connectivity index (χ0n) is 7.30. The van der Waals surface area contributed by atoms with Crippen molar-refractivity contribution in [1.29, 1.82) is 0 Å². The fourth-order valence-corrected chi connectivity index (χ4v) is 1.31. The number of ether oxygens (including phenoxy) is 2. The average molecular weight is 156 g/mol. The molecule has 2 nitrogen and oxygen atoms in total. The van der Waals surface area contributed by atoms with Gasteiger partial charge >= 0.3 is 0 Å². The molecule has 2 heteroatoms. The van der Waals surface area contributed by atoms with Gasteiger partial charge in [0, 0.05) is 7.11 Å². The van der Waals surface area contributed by atoms with Crippen molar-refractivity contribution in [3.05, 3.63) is 11.6 Å². The van der Waals surface area contributed by atoms with Crippen molar-refractivity contribution in [2.45, 2.75) is 25.9 Å². The van der Waals surface area contributed by atoms with Crippen molar-refractivity contribution in [3.63, 3.8) is 0 Å². The smallest absolute Gasteiger partial charge is 0.0646 e. The van der Waals surface area contributed by atoms with Crippen LogP contribution >= 0.6 is 0 Å². The number of methoxy groups -OCH3 is 1.